The lowest BCUT2D eigenvalue weighted by molar-refractivity contribution is -0.137. The molecule has 43 heavy (non-hydrogen) atoms. The van der Waals surface area contributed by atoms with Crippen molar-refractivity contribution in [3.8, 4) is 11.1 Å². The van der Waals surface area contributed by atoms with Crippen LogP contribution in [0.5, 0.6) is 0 Å². The Balaban J connectivity index is 1.63. The number of piperazine rings is 1. The first-order valence-corrected chi connectivity index (χ1v) is 14.6. The fourth-order valence-corrected chi connectivity index (χ4v) is 7.47. The van der Waals surface area contributed by atoms with E-state index in [2.05, 4.69) is 21.9 Å². The first kappa shape index (κ1) is 28.9. The van der Waals surface area contributed by atoms with E-state index in [0.29, 0.717) is 11.3 Å². The number of halogens is 4. The third-order valence-electron chi connectivity index (χ3n) is 7.91. The van der Waals surface area contributed by atoms with Crippen molar-refractivity contribution in [2.45, 2.75) is 49.6 Å². The maximum atomic E-state index is 14.9. The van der Waals surface area contributed by atoms with Crippen LogP contribution < -0.4 is 10.6 Å². The van der Waals surface area contributed by atoms with Gasteiger partial charge in [0.25, 0.3) is 0 Å². The third kappa shape index (κ3) is 5.07. The number of carbonyl (C=O) groups excluding carboxylic acids is 1. The van der Waals surface area contributed by atoms with Crippen molar-refractivity contribution < 1.29 is 22.4 Å². The Hall–Kier alpha value is -4.20. The molecule has 1 amide bonds. The molecule has 1 fully saturated rings. The van der Waals surface area contributed by atoms with Crippen molar-refractivity contribution in [1.29, 1.82) is 0 Å². The lowest BCUT2D eigenvalue weighted by Crippen LogP contribution is -2.58. The zero-order valence-electron chi connectivity index (χ0n) is 23.3. The summed E-state index contributed by atoms with van der Waals surface area (Å²) < 4.78 is 61.5. The van der Waals surface area contributed by atoms with Gasteiger partial charge in [0.05, 0.1) is 29.9 Å². The molecule has 14 heteroatoms. The van der Waals surface area contributed by atoms with E-state index in [1.54, 1.807) is 20.7 Å². The fraction of sp³-hybridized carbons (Fsp3) is 0.345. The second-order valence-electron chi connectivity index (χ2n) is 10.8. The number of anilines is 1. The summed E-state index contributed by atoms with van der Waals surface area (Å²) >= 11 is 1.18. The van der Waals surface area contributed by atoms with Crippen LogP contribution in [-0.4, -0.2) is 66.3 Å². The van der Waals surface area contributed by atoms with Crippen LogP contribution >= 0.6 is 11.8 Å². The maximum absolute atomic E-state index is 14.9. The predicted molar refractivity (Wildman–Crippen MR) is 154 cm³/mol. The number of rotatable bonds is 4. The van der Waals surface area contributed by atoms with E-state index in [9.17, 15) is 27.2 Å². The summed E-state index contributed by atoms with van der Waals surface area (Å²) in [5, 5.41) is 8.10. The normalized spacial score (nSPS) is 20.7. The highest BCUT2D eigenvalue weighted by atomic mass is 32.2. The van der Waals surface area contributed by atoms with Crippen molar-refractivity contribution in [2.75, 3.05) is 23.7 Å². The van der Waals surface area contributed by atoms with E-state index in [4.69, 9.17) is 0 Å². The summed E-state index contributed by atoms with van der Waals surface area (Å²) in [6.45, 7) is 7.85. The molecule has 0 aliphatic carbocycles. The molecule has 9 nitrogen and oxygen atoms in total. The van der Waals surface area contributed by atoms with Gasteiger partial charge in [0.15, 0.2) is 0 Å². The summed E-state index contributed by atoms with van der Waals surface area (Å²) in [5.74, 6) is -0.415. The first-order chi connectivity index (χ1) is 20.5. The Labute approximate surface area is 247 Å². The molecule has 0 saturated carbocycles. The Kier molecular flexibility index (Phi) is 7.27. The van der Waals surface area contributed by atoms with Gasteiger partial charge < -0.3 is 9.80 Å². The van der Waals surface area contributed by atoms with Gasteiger partial charge in [0, 0.05) is 53.0 Å². The smallest absolute Gasteiger partial charge is 0.352 e. The van der Waals surface area contributed by atoms with Gasteiger partial charge in [-0.25, -0.2) is 13.9 Å². The molecule has 1 saturated heterocycles. The number of carbonyl (C=O) groups is 1. The number of amides is 1. The highest BCUT2D eigenvalue weighted by Crippen LogP contribution is 2.49. The molecule has 3 atom stereocenters. The van der Waals surface area contributed by atoms with Crippen molar-refractivity contribution >= 4 is 34.4 Å². The molecule has 6 rings (SSSR count). The Morgan fingerprint density at radius 3 is 2.42 bits per heavy atom. The van der Waals surface area contributed by atoms with E-state index >= 15 is 0 Å². The fourth-order valence-electron chi connectivity index (χ4n) is 6.12. The summed E-state index contributed by atoms with van der Waals surface area (Å²) in [4.78, 5) is 34.3. The van der Waals surface area contributed by atoms with Gasteiger partial charge >= 0.3 is 11.9 Å². The molecule has 0 spiro atoms. The summed E-state index contributed by atoms with van der Waals surface area (Å²) in [5.41, 5.74) is -1.17. The molecule has 4 heterocycles. The average Bonchev–Trinajstić information content (AvgIpc) is 3.42. The minimum absolute atomic E-state index is 0.106. The third-order valence-corrected chi connectivity index (χ3v) is 9.15. The van der Waals surface area contributed by atoms with E-state index in [1.165, 1.54) is 40.7 Å². The van der Waals surface area contributed by atoms with Crippen LogP contribution in [0.25, 0.3) is 22.0 Å². The molecule has 4 aromatic rings. The summed E-state index contributed by atoms with van der Waals surface area (Å²) in [6.07, 6.45) is -0.414. The molecule has 1 unspecified atom stereocenters. The first-order valence-electron chi connectivity index (χ1n) is 13.6. The number of nitrogens with zero attached hydrogens (tertiary/aromatic N) is 7. The van der Waals surface area contributed by atoms with Gasteiger partial charge in [-0.05, 0) is 43.7 Å². The minimum Gasteiger partial charge on any atom is -0.352 e. The van der Waals surface area contributed by atoms with E-state index in [0.717, 1.165) is 18.2 Å². The van der Waals surface area contributed by atoms with Gasteiger partial charge in [0.1, 0.15) is 11.6 Å². The number of aromatic nitrogens is 5. The van der Waals surface area contributed by atoms with Gasteiger partial charge in [-0.2, -0.15) is 18.2 Å². The van der Waals surface area contributed by atoms with Gasteiger partial charge in [0.2, 0.25) is 5.91 Å². The van der Waals surface area contributed by atoms with E-state index in [-0.39, 0.29) is 64.9 Å². The van der Waals surface area contributed by atoms with Crippen LogP contribution in [0.15, 0.2) is 65.1 Å². The van der Waals surface area contributed by atoms with Crippen molar-refractivity contribution in [1.82, 2.24) is 29.4 Å². The summed E-state index contributed by atoms with van der Waals surface area (Å²) in [6, 6.07) is 4.85. The van der Waals surface area contributed by atoms with Crippen LogP contribution in [0, 0.1) is 5.82 Å². The summed E-state index contributed by atoms with van der Waals surface area (Å²) in [7, 11) is 0. The van der Waals surface area contributed by atoms with Crippen molar-refractivity contribution in [3.63, 3.8) is 0 Å². The van der Waals surface area contributed by atoms with Crippen LogP contribution in [0.1, 0.15) is 25.5 Å². The molecule has 2 aliphatic heterocycles. The monoisotopic (exact) mass is 613 g/mol. The molecule has 2 aromatic heterocycles. The molecular weight excluding hydrogens is 586 g/mol. The minimum atomic E-state index is -4.78. The predicted octanol–water partition coefficient (Wildman–Crippen LogP) is 4.77. The number of alkyl halides is 3. The highest BCUT2D eigenvalue weighted by Gasteiger charge is 2.40. The van der Waals surface area contributed by atoms with E-state index < -0.39 is 29.3 Å². The molecule has 0 N–H and O–H groups in total. The lowest BCUT2D eigenvalue weighted by atomic mass is 9.96. The Bertz CT molecular complexity index is 1760. The molecular formula is C29H27F4N7O2S. The highest BCUT2D eigenvalue weighted by molar-refractivity contribution is 7.99. The number of thioether (sulfide) groups is 1. The van der Waals surface area contributed by atoms with Crippen LogP contribution in [0.2, 0.25) is 0 Å². The maximum Gasteiger partial charge on any atom is 0.417 e. The van der Waals surface area contributed by atoms with Crippen LogP contribution in [-0.2, 0) is 17.5 Å². The molecule has 0 radical (unpaired) electrons. The van der Waals surface area contributed by atoms with E-state index in [1.807, 2.05) is 13.8 Å². The standard InChI is InChI=1S/C29H27F4N7O2S/c1-4-23(41)40-16(2)12-37(13-17(40)3)27-21-11-22(29(31,32)33)24(18-5-7-19(30)8-6-18)26-25(21)38(28(42)35-27)14-20(15-43-26)39-10-9-34-36-39/h4-11,16-17,20H,1,12-15H2,2-3H3/t16-,17+,20?. The van der Waals surface area contributed by atoms with Gasteiger partial charge in [-0.15, -0.1) is 16.9 Å². The molecule has 2 aromatic carbocycles. The number of hydrogen-bond acceptors (Lipinski definition) is 7. The largest absolute Gasteiger partial charge is 0.417 e. The van der Waals surface area contributed by atoms with Gasteiger partial charge in [-0.1, -0.05) is 23.9 Å². The zero-order valence-corrected chi connectivity index (χ0v) is 24.1. The van der Waals surface area contributed by atoms with Crippen LogP contribution in [0.3, 0.4) is 0 Å². The quantitative estimate of drug-likeness (QED) is 0.242. The van der Waals surface area contributed by atoms with Crippen LogP contribution in [0.4, 0.5) is 23.4 Å². The van der Waals surface area contributed by atoms with Crippen molar-refractivity contribution in [3.05, 3.63) is 77.2 Å². The molecule has 2 aliphatic rings. The topological polar surface area (TPSA) is 89.2 Å². The second kappa shape index (κ2) is 10.8. The molecule has 0 bridgehead atoms. The average molecular weight is 614 g/mol. The SMILES string of the molecule is C=CC(=O)N1[C@H](C)CN(c2nc(=O)n3c4c(c(-c5ccc(F)cc5)c(C(F)(F)F)cc24)SCC(n2ccnn2)C3)C[C@@H]1C. The molecule has 224 valence electrons. The Morgan fingerprint density at radius 1 is 1.12 bits per heavy atom. The lowest BCUT2D eigenvalue weighted by Gasteiger charge is -2.44. The number of hydrogen-bond donors (Lipinski definition) is 0. The van der Waals surface area contributed by atoms with Gasteiger partial charge in [-0.3, -0.25) is 9.36 Å². The Morgan fingerprint density at radius 2 is 1.81 bits per heavy atom. The number of benzene rings is 2. The zero-order chi connectivity index (χ0) is 30.6. The second-order valence-corrected chi connectivity index (χ2v) is 11.8. The van der Waals surface area contributed by atoms with Crippen molar-refractivity contribution in [2.24, 2.45) is 0 Å².